The molecule has 0 amide bonds. The SMILES string of the molecule is CCSC(=O)Oc1c(C(=O)c2ccc(S(C)(=O)=O)c(OCCOC)c2C)cnn1CC. The molecule has 0 bridgehead atoms. The zero-order chi connectivity index (χ0) is 23.2. The number of benzene rings is 1. The van der Waals surface area contributed by atoms with Crippen LogP contribution in [-0.2, 0) is 21.1 Å². The van der Waals surface area contributed by atoms with Crippen molar-refractivity contribution < 1.29 is 32.2 Å². The molecular formula is C20H26N2O7S2. The minimum Gasteiger partial charge on any atom is -0.490 e. The van der Waals surface area contributed by atoms with E-state index in [9.17, 15) is 18.0 Å². The molecule has 170 valence electrons. The maximum atomic E-state index is 13.3. The highest BCUT2D eigenvalue weighted by Gasteiger charge is 2.27. The topological polar surface area (TPSA) is 114 Å². The Morgan fingerprint density at radius 2 is 1.87 bits per heavy atom. The second-order valence-electron chi connectivity index (χ2n) is 6.47. The molecule has 0 aliphatic carbocycles. The molecule has 0 saturated carbocycles. The summed E-state index contributed by atoms with van der Waals surface area (Å²) < 4.78 is 41.8. The number of aromatic nitrogens is 2. The molecule has 0 aliphatic rings. The molecule has 0 spiro atoms. The molecule has 1 heterocycles. The highest BCUT2D eigenvalue weighted by molar-refractivity contribution is 8.13. The lowest BCUT2D eigenvalue weighted by atomic mass is 10.00. The van der Waals surface area contributed by atoms with Crippen molar-refractivity contribution in [2.75, 3.05) is 32.3 Å². The van der Waals surface area contributed by atoms with Crippen LogP contribution in [0.5, 0.6) is 11.6 Å². The van der Waals surface area contributed by atoms with E-state index < -0.39 is 20.9 Å². The molecule has 0 radical (unpaired) electrons. The lowest BCUT2D eigenvalue weighted by molar-refractivity contribution is 0.103. The Morgan fingerprint density at radius 1 is 1.16 bits per heavy atom. The van der Waals surface area contributed by atoms with E-state index in [4.69, 9.17) is 14.2 Å². The Kier molecular flexibility index (Phi) is 8.66. The molecule has 0 fully saturated rings. The van der Waals surface area contributed by atoms with Crippen molar-refractivity contribution in [2.45, 2.75) is 32.2 Å². The van der Waals surface area contributed by atoms with Crippen molar-refractivity contribution in [1.29, 1.82) is 0 Å². The van der Waals surface area contributed by atoms with Gasteiger partial charge in [-0.1, -0.05) is 6.92 Å². The number of carbonyl (C=O) groups excluding carboxylic acids is 2. The minimum atomic E-state index is -3.60. The van der Waals surface area contributed by atoms with Crippen LogP contribution in [0.25, 0.3) is 0 Å². The Hall–Kier alpha value is -2.37. The normalized spacial score (nSPS) is 11.4. The fourth-order valence-corrected chi connectivity index (χ4v) is 4.08. The van der Waals surface area contributed by atoms with Gasteiger partial charge in [0.25, 0.3) is 0 Å². The Morgan fingerprint density at radius 3 is 2.45 bits per heavy atom. The quantitative estimate of drug-likeness (QED) is 0.293. The average Bonchev–Trinajstić information content (AvgIpc) is 3.10. The summed E-state index contributed by atoms with van der Waals surface area (Å²) in [5.74, 6) is 0.203. The molecule has 0 aliphatic heterocycles. The van der Waals surface area contributed by atoms with Crippen LogP contribution in [-0.4, -0.2) is 61.6 Å². The van der Waals surface area contributed by atoms with Gasteiger partial charge in [0, 0.05) is 36.8 Å². The van der Waals surface area contributed by atoms with E-state index in [1.54, 1.807) is 13.8 Å². The number of sulfone groups is 1. The second-order valence-corrected chi connectivity index (χ2v) is 9.66. The van der Waals surface area contributed by atoms with Crippen molar-refractivity contribution in [1.82, 2.24) is 9.78 Å². The monoisotopic (exact) mass is 470 g/mol. The molecular weight excluding hydrogens is 444 g/mol. The van der Waals surface area contributed by atoms with Crippen molar-refractivity contribution in [2.24, 2.45) is 0 Å². The first-order chi connectivity index (χ1) is 14.6. The number of ether oxygens (including phenoxy) is 3. The number of hydrogen-bond donors (Lipinski definition) is 0. The van der Waals surface area contributed by atoms with Gasteiger partial charge in [-0.25, -0.2) is 17.9 Å². The Labute approximate surface area is 186 Å². The van der Waals surface area contributed by atoms with Gasteiger partial charge in [0.1, 0.15) is 22.8 Å². The average molecular weight is 471 g/mol. The zero-order valence-corrected chi connectivity index (χ0v) is 19.8. The molecule has 0 N–H and O–H groups in total. The summed E-state index contributed by atoms with van der Waals surface area (Å²) in [7, 11) is -2.10. The summed E-state index contributed by atoms with van der Waals surface area (Å²) in [6.07, 6.45) is 2.40. The number of nitrogens with zero attached hydrogens (tertiary/aromatic N) is 2. The molecule has 0 saturated heterocycles. The van der Waals surface area contributed by atoms with E-state index >= 15 is 0 Å². The third-order valence-corrected chi connectivity index (χ3v) is 6.05. The number of hydrogen-bond acceptors (Lipinski definition) is 9. The smallest absolute Gasteiger partial charge is 0.374 e. The molecule has 1 aromatic heterocycles. The van der Waals surface area contributed by atoms with Gasteiger partial charge >= 0.3 is 5.30 Å². The molecule has 1 aromatic carbocycles. The fraction of sp³-hybridized carbons (Fsp3) is 0.450. The van der Waals surface area contributed by atoms with E-state index in [-0.39, 0.29) is 40.9 Å². The van der Waals surface area contributed by atoms with Gasteiger partial charge in [0.05, 0.1) is 12.8 Å². The lowest BCUT2D eigenvalue weighted by Gasteiger charge is -2.16. The Bertz CT molecular complexity index is 1060. The highest BCUT2D eigenvalue weighted by atomic mass is 32.2. The van der Waals surface area contributed by atoms with Crippen LogP contribution < -0.4 is 9.47 Å². The van der Waals surface area contributed by atoms with Crippen LogP contribution in [0.15, 0.2) is 23.2 Å². The highest BCUT2D eigenvalue weighted by Crippen LogP contribution is 2.33. The van der Waals surface area contributed by atoms with E-state index in [1.165, 1.54) is 30.1 Å². The van der Waals surface area contributed by atoms with Crippen molar-refractivity contribution in [3.8, 4) is 11.6 Å². The third kappa shape index (κ3) is 5.86. The molecule has 0 atom stereocenters. The van der Waals surface area contributed by atoms with Gasteiger partial charge in [-0.15, -0.1) is 0 Å². The lowest BCUT2D eigenvalue weighted by Crippen LogP contribution is -2.14. The molecule has 9 nitrogen and oxygen atoms in total. The number of ketones is 1. The van der Waals surface area contributed by atoms with E-state index in [0.29, 0.717) is 17.9 Å². The van der Waals surface area contributed by atoms with E-state index in [1.807, 2.05) is 6.92 Å². The summed E-state index contributed by atoms with van der Waals surface area (Å²) in [6, 6.07) is 2.76. The molecule has 2 aromatic rings. The summed E-state index contributed by atoms with van der Waals surface area (Å²) in [5.41, 5.74) is 0.675. The number of methoxy groups -OCH3 is 1. The zero-order valence-electron chi connectivity index (χ0n) is 18.1. The molecule has 31 heavy (non-hydrogen) atoms. The second kappa shape index (κ2) is 10.8. The third-order valence-electron chi connectivity index (χ3n) is 4.33. The van der Waals surface area contributed by atoms with Crippen LogP contribution in [0.4, 0.5) is 4.79 Å². The first-order valence-electron chi connectivity index (χ1n) is 9.56. The molecule has 0 unspecified atom stereocenters. The molecule has 2 rings (SSSR count). The van der Waals surface area contributed by atoms with Gasteiger partial charge in [-0.2, -0.15) is 5.10 Å². The van der Waals surface area contributed by atoms with Crippen LogP contribution in [0.3, 0.4) is 0 Å². The van der Waals surface area contributed by atoms with Gasteiger partial charge in [-0.05, 0) is 37.7 Å². The Balaban J connectivity index is 2.54. The first kappa shape index (κ1) is 24.9. The van der Waals surface area contributed by atoms with Gasteiger partial charge in [-0.3, -0.25) is 4.79 Å². The number of carbonyl (C=O) groups is 2. The summed E-state index contributed by atoms with van der Waals surface area (Å²) in [5, 5.41) is 3.59. The number of aryl methyl sites for hydroxylation is 1. The van der Waals surface area contributed by atoms with Crippen molar-refractivity contribution >= 4 is 32.7 Å². The number of rotatable bonds is 10. The minimum absolute atomic E-state index is 0.0205. The maximum absolute atomic E-state index is 13.3. The van der Waals surface area contributed by atoms with Crippen LogP contribution >= 0.6 is 11.8 Å². The summed E-state index contributed by atoms with van der Waals surface area (Å²) in [4.78, 5) is 25.3. The van der Waals surface area contributed by atoms with Gasteiger partial charge in [0.2, 0.25) is 11.7 Å². The number of thioether (sulfide) groups is 1. The fourth-order valence-electron chi connectivity index (χ4n) is 2.85. The maximum Gasteiger partial charge on any atom is 0.374 e. The predicted octanol–water partition coefficient (Wildman–Crippen LogP) is 3.12. The van der Waals surface area contributed by atoms with Gasteiger partial charge in [0.15, 0.2) is 9.84 Å². The van der Waals surface area contributed by atoms with Crippen molar-refractivity contribution in [3.05, 3.63) is 35.0 Å². The van der Waals surface area contributed by atoms with Crippen LogP contribution in [0.1, 0.15) is 35.3 Å². The predicted molar refractivity (Wildman–Crippen MR) is 117 cm³/mol. The van der Waals surface area contributed by atoms with Crippen LogP contribution in [0.2, 0.25) is 0 Å². The first-order valence-corrected chi connectivity index (χ1v) is 12.4. The largest absolute Gasteiger partial charge is 0.490 e. The summed E-state index contributed by atoms with van der Waals surface area (Å²) in [6.45, 7) is 5.98. The van der Waals surface area contributed by atoms with E-state index in [0.717, 1.165) is 18.0 Å². The standard InChI is InChI=1S/C20H26N2O7S2/c1-6-22-19(29-20(24)30-7-2)15(12-21-22)17(23)14-8-9-16(31(5,25)26)18(13(14)3)28-11-10-27-4/h8-9,12H,6-7,10-11H2,1-5H3. The van der Waals surface area contributed by atoms with Gasteiger partial charge < -0.3 is 14.2 Å². The summed E-state index contributed by atoms with van der Waals surface area (Å²) >= 11 is 0.974. The van der Waals surface area contributed by atoms with E-state index in [2.05, 4.69) is 5.10 Å². The van der Waals surface area contributed by atoms with Crippen LogP contribution in [0, 0.1) is 6.92 Å². The molecule has 11 heteroatoms. The van der Waals surface area contributed by atoms with Crippen molar-refractivity contribution in [3.63, 3.8) is 0 Å².